The molecule has 0 aliphatic heterocycles. The second-order valence-corrected chi connectivity index (χ2v) is 3.61. The first-order chi connectivity index (χ1) is 6.93. The van der Waals surface area contributed by atoms with Gasteiger partial charge in [-0.05, 0) is 12.3 Å². The van der Waals surface area contributed by atoms with E-state index in [1.165, 1.54) is 38.5 Å². The molecule has 0 atom stereocenters. The third kappa shape index (κ3) is 7.34. The Kier molecular flexibility index (Phi) is 10.9. The summed E-state index contributed by atoms with van der Waals surface area (Å²) in [6.07, 6.45) is 8.34. The zero-order valence-electron chi connectivity index (χ0n) is 10.1. The molecule has 0 amide bonds. The average molecular weight is 202 g/mol. The fourth-order valence-electron chi connectivity index (χ4n) is 1.87. The summed E-state index contributed by atoms with van der Waals surface area (Å²) >= 11 is 0. The van der Waals surface area contributed by atoms with E-state index in [-0.39, 0.29) is 0 Å². The lowest BCUT2D eigenvalue weighted by Gasteiger charge is -2.20. The highest BCUT2D eigenvalue weighted by atomic mass is 16.7. The maximum Gasteiger partial charge on any atom is 0.146 e. The van der Waals surface area contributed by atoms with Gasteiger partial charge in [-0.25, -0.2) is 0 Å². The van der Waals surface area contributed by atoms with Crippen molar-refractivity contribution < 1.29 is 9.47 Å². The van der Waals surface area contributed by atoms with Gasteiger partial charge in [0.1, 0.15) is 6.79 Å². The minimum absolute atomic E-state index is 0.451. The largest absolute Gasteiger partial charge is 0.359 e. The molecule has 0 saturated heterocycles. The zero-order valence-corrected chi connectivity index (χ0v) is 10.1. The van der Waals surface area contributed by atoms with E-state index in [0.717, 1.165) is 12.5 Å². The molecule has 14 heavy (non-hydrogen) atoms. The van der Waals surface area contributed by atoms with Crippen LogP contribution in [0.3, 0.4) is 0 Å². The number of rotatable bonds is 5. The van der Waals surface area contributed by atoms with Crippen molar-refractivity contribution in [1.82, 2.24) is 0 Å². The Hall–Kier alpha value is -0.0800. The molecule has 1 fully saturated rings. The van der Waals surface area contributed by atoms with Crippen LogP contribution in [-0.4, -0.2) is 20.5 Å². The van der Waals surface area contributed by atoms with E-state index >= 15 is 0 Å². The highest BCUT2D eigenvalue weighted by Crippen LogP contribution is 2.25. The highest BCUT2D eigenvalue weighted by Gasteiger charge is 2.12. The van der Waals surface area contributed by atoms with Crippen LogP contribution in [0.2, 0.25) is 0 Å². The summed E-state index contributed by atoms with van der Waals surface area (Å²) in [5.74, 6) is 0.926. The van der Waals surface area contributed by atoms with Gasteiger partial charge in [-0.3, -0.25) is 0 Å². The third-order valence-corrected chi connectivity index (χ3v) is 2.60. The summed E-state index contributed by atoms with van der Waals surface area (Å²) in [6.45, 7) is 5.32. The number of ether oxygens (including phenoxy) is 2. The van der Waals surface area contributed by atoms with Gasteiger partial charge in [0.05, 0.1) is 0 Å². The van der Waals surface area contributed by atoms with E-state index in [2.05, 4.69) is 0 Å². The van der Waals surface area contributed by atoms with Crippen LogP contribution in [0.15, 0.2) is 0 Å². The molecule has 0 aromatic heterocycles. The Morgan fingerprint density at radius 2 is 1.71 bits per heavy atom. The quantitative estimate of drug-likeness (QED) is 0.501. The predicted molar refractivity (Wildman–Crippen MR) is 60.4 cm³/mol. The Morgan fingerprint density at radius 3 is 2.29 bits per heavy atom. The minimum Gasteiger partial charge on any atom is -0.359 e. The second kappa shape index (κ2) is 11.0. The molecule has 0 radical (unpaired) electrons. The molecule has 86 valence electrons. The van der Waals surface area contributed by atoms with Crippen molar-refractivity contribution in [3.05, 3.63) is 0 Å². The fourth-order valence-corrected chi connectivity index (χ4v) is 1.87. The van der Waals surface area contributed by atoms with Crippen LogP contribution in [0, 0.1) is 5.92 Å². The molecule has 1 aliphatic carbocycles. The van der Waals surface area contributed by atoms with Crippen molar-refractivity contribution in [1.29, 1.82) is 0 Å². The molecule has 0 spiro atoms. The van der Waals surface area contributed by atoms with Crippen molar-refractivity contribution in [2.24, 2.45) is 5.92 Å². The van der Waals surface area contributed by atoms with Crippen molar-refractivity contribution in [3.8, 4) is 0 Å². The summed E-state index contributed by atoms with van der Waals surface area (Å²) in [5, 5.41) is 0. The van der Waals surface area contributed by atoms with E-state index in [4.69, 9.17) is 9.47 Å². The monoisotopic (exact) mass is 202 g/mol. The SMILES string of the molecule is CC.COCOCCC1CCCCC1. The van der Waals surface area contributed by atoms with Crippen LogP contribution in [-0.2, 0) is 9.47 Å². The molecule has 1 saturated carbocycles. The van der Waals surface area contributed by atoms with E-state index in [9.17, 15) is 0 Å². The summed E-state index contributed by atoms with van der Waals surface area (Å²) < 4.78 is 10.1. The molecule has 0 aromatic carbocycles. The lowest BCUT2D eigenvalue weighted by Crippen LogP contribution is -2.10. The van der Waals surface area contributed by atoms with Gasteiger partial charge in [0.15, 0.2) is 0 Å². The molecule has 1 rings (SSSR count). The lowest BCUT2D eigenvalue weighted by atomic mass is 9.87. The predicted octanol–water partition coefficient (Wildman–Crippen LogP) is 3.60. The van der Waals surface area contributed by atoms with E-state index in [1.54, 1.807) is 7.11 Å². The maximum absolute atomic E-state index is 5.26. The van der Waals surface area contributed by atoms with Crippen LogP contribution in [0.25, 0.3) is 0 Å². The number of hydrogen-bond donors (Lipinski definition) is 0. The van der Waals surface area contributed by atoms with Crippen LogP contribution in [0.5, 0.6) is 0 Å². The van der Waals surface area contributed by atoms with Gasteiger partial charge in [0.2, 0.25) is 0 Å². The summed E-state index contributed by atoms with van der Waals surface area (Å²) in [5.41, 5.74) is 0. The number of methoxy groups -OCH3 is 1. The van der Waals surface area contributed by atoms with Gasteiger partial charge >= 0.3 is 0 Å². The Balaban J connectivity index is 0.000000791. The van der Waals surface area contributed by atoms with Gasteiger partial charge in [-0.15, -0.1) is 0 Å². The van der Waals surface area contributed by atoms with Gasteiger partial charge in [0.25, 0.3) is 0 Å². The van der Waals surface area contributed by atoms with E-state index < -0.39 is 0 Å². The molecule has 0 unspecified atom stereocenters. The molecule has 0 aromatic rings. The standard InChI is InChI=1S/C10H20O2.C2H6/c1-11-9-12-8-7-10-5-3-2-4-6-10;1-2/h10H,2-9H2,1H3;1-2H3. The Bertz CT molecular complexity index is 98.5. The first kappa shape index (κ1) is 13.9. The van der Waals surface area contributed by atoms with Crippen molar-refractivity contribution in [3.63, 3.8) is 0 Å². The van der Waals surface area contributed by atoms with Crippen LogP contribution < -0.4 is 0 Å². The first-order valence-electron chi connectivity index (χ1n) is 6.00. The van der Waals surface area contributed by atoms with Gasteiger partial charge in [0, 0.05) is 13.7 Å². The highest BCUT2D eigenvalue weighted by molar-refractivity contribution is 4.64. The van der Waals surface area contributed by atoms with Crippen molar-refractivity contribution in [2.75, 3.05) is 20.5 Å². The van der Waals surface area contributed by atoms with E-state index in [1.807, 2.05) is 13.8 Å². The molecule has 0 N–H and O–H groups in total. The van der Waals surface area contributed by atoms with Gasteiger partial charge in [-0.2, -0.15) is 0 Å². The van der Waals surface area contributed by atoms with Gasteiger partial charge < -0.3 is 9.47 Å². The lowest BCUT2D eigenvalue weighted by molar-refractivity contribution is -0.0354. The smallest absolute Gasteiger partial charge is 0.146 e. The maximum atomic E-state index is 5.26. The number of hydrogen-bond acceptors (Lipinski definition) is 2. The minimum atomic E-state index is 0.451. The fraction of sp³-hybridized carbons (Fsp3) is 1.00. The molecule has 2 heteroatoms. The first-order valence-corrected chi connectivity index (χ1v) is 6.00. The Labute approximate surface area is 89.0 Å². The molecular formula is C12H26O2. The molecule has 0 bridgehead atoms. The average Bonchev–Trinajstić information content (AvgIpc) is 2.29. The van der Waals surface area contributed by atoms with Crippen LogP contribution in [0.1, 0.15) is 52.4 Å². The second-order valence-electron chi connectivity index (χ2n) is 3.61. The van der Waals surface area contributed by atoms with Crippen LogP contribution >= 0.6 is 0 Å². The molecule has 0 heterocycles. The van der Waals surface area contributed by atoms with Gasteiger partial charge in [-0.1, -0.05) is 46.0 Å². The zero-order chi connectivity index (χ0) is 10.6. The molecular weight excluding hydrogens is 176 g/mol. The van der Waals surface area contributed by atoms with Crippen molar-refractivity contribution in [2.45, 2.75) is 52.4 Å². The summed E-state index contributed by atoms with van der Waals surface area (Å²) in [7, 11) is 1.67. The van der Waals surface area contributed by atoms with Crippen LogP contribution in [0.4, 0.5) is 0 Å². The normalized spacial score (nSPS) is 17.4. The third-order valence-electron chi connectivity index (χ3n) is 2.60. The molecule has 1 aliphatic rings. The molecule has 2 nitrogen and oxygen atoms in total. The summed E-state index contributed by atoms with van der Waals surface area (Å²) in [6, 6.07) is 0. The van der Waals surface area contributed by atoms with E-state index in [0.29, 0.717) is 6.79 Å². The topological polar surface area (TPSA) is 18.5 Å². The Morgan fingerprint density at radius 1 is 1.07 bits per heavy atom. The van der Waals surface area contributed by atoms with Crippen molar-refractivity contribution >= 4 is 0 Å². The summed E-state index contributed by atoms with van der Waals surface area (Å²) in [4.78, 5) is 0.